The maximum absolute atomic E-state index is 11.8. The fourth-order valence-corrected chi connectivity index (χ4v) is 4.91. The van der Waals surface area contributed by atoms with E-state index in [1.165, 1.54) is 23.5 Å². The summed E-state index contributed by atoms with van der Waals surface area (Å²) < 4.78 is 6.10. The van der Waals surface area contributed by atoms with E-state index in [9.17, 15) is 4.79 Å². The van der Waals surface area contributed by atoms with Crippen LogP contribution in [-0.2, 0) is 4.79 Å². The molecule has 2 rings (SSSR count). The Morgan fingerprint density at radius 3 is 2.45 bits per heavy atom. The van der Waals surface area contributed by atoms with Crippen molar-refractivity contribution in [2.45, 2.75) is 37.8 Å². The lowest BCUT2D eigenvalue weighted by Gasteiger charge is -2.21. The third-order valence-corrected chi connectivity index (χ3v) is 6.75. The summed E-state index contributed by atoms with van der Waals surface area (Å²) in [6.45, 7) is 6.26. The van der Waals surface area contributed by atoms with Crippen LogP contribution in [-0.4, -0.2) is 30.1 Å². The van der Waals surface area contributed by atoms with E-state index >= 15 is 0 Å². The van der Waals surface area contributed by atoms with Crippen LogP contribution in [0.25, 0.3) is 0 Å². The van der Waals surface area contributed by atoms with Gasteiger partial charge in [-0.15, -0.1) is 23.5 Å². The Bertz CT molecular complexity index is 470. The Balaban J connectivity index is 1.80. The van der Waals surface area contributed by atoms with Crippen LogP contribution in [0.5, 0.6) is 5.75 Å². The number of amides is 1. The number of thioether (sulfide) groups is 2. The molecule has 1 aromatic carbocycles. The summed E-state index contributed by atoms with van der Waals surface area (Å²) in [6.07, 6.45) is 1.30. The highest BCUT2D eigenvalue weighted by Gasteiger charge is 2.16. The molecule has 1 heterocycles. The fourth-order valence-electron chi connectivity index (χ4n) is 2.01. The maximum Gasteiger partial charge on any atom is 0.258 e. The van der Waals surface area contributed by atoms with E-state index in [4.69, 9.17) is 4.74 Å². The van der Waals surface area contributed by atoms with Gasteiger partial charge in [-0.1, -0.05) is 26.0 Å². The molecule has 0 aliphatic carbocycles. The zero-order valence-corrected chi connectivity index (χ0v) is 15.1. The van der Waals surface area contributed by atoms with Gasteiger partial charge in [0.1, 0.15) is 5.75 Å². The first-order valence-corrected chi connectivity index (χ1v) is 9.91. The highest BCUT2D eigenvalue weighted by atomic mass is 32.2. The predicted octanol–water partition coefficient (Wildman–Crippen LogP) is 4.09. The molecule has 1 aromatic rings. The number of ether oxygens (including phenoxy) is 1. The second-order valence-corrected chi connectivity index (χ2v) is 8.61. The van der Waals surface area contributed by atoms with E-state index in [-0.39, 0.29) is 18.6 Å². The summed E-state index contributed by atoms with van der Waals surface area (Å²) in [5, 5.41) is 2.94. The van der Waals surface area contributed by atoms with E-state index in [1.54, 1.807) is 0 Å². The molecule has 0 saturated carbocycles. The second-order valence-electron chi connectivity index (χ2n) is 5.88. The Morgan fingerprint density at radius 2 is 1.86 bits per heavy atom. The van der Waals surface area contributed by atoms with E-state index in [0.717, 1.165) is 5.75 Å². The monoisotopic (exact) mass is 339 g/mol. The standard InChI is InChI=1S/C17H25NO2S2/c1-12(2)13(3)18-16(19)11-20-15-7-5-14(6-8-15)17-21-9-4-10-22-17/h5-8,12-13,17H,4,9-11H2,1-3H3,(H,18,19). The SMILES string of the molecule is CC(C)C(C)NC(=O)COc1ccc(C2SCCCS2)cc1. The average molecular weight is 340 g/mol. The molecule has 0 bridgehead atoms. The molecule has 1 fully saturated rings. The molecule has 1 amide bonds. The molecule has 5 heteroatoms. The maximum atomic E-state index is 11.8. The van der Waals surface area contributed by atoms with Gasteiger partial charge < -0.3 is 10.1 Å². The van der Waals surface area contributed by atoms with Crippen molar-refractivity contribution in [2.24, 2.45) is 5.92 Å². The van der Waals surface area contributed by atoms with Crippen LogP contribution in [0.4, 0.5) is 0 Å². The highest BCUT2D eigenvalue weighted by molar-refractivity contribution is 8.16. The molecule has 122 valence electrons. The topological polar surface area (TPSA) is 38.3 Å². The summed E-state index contributed by atoms with van der Waals surface area (Å²) in [7, 11) is 0. The molecular formula is C17H25NO2S2. The summed E-state index contributed by atoms with van der Waals surface area (Å²) in [5.41, 5.74) is 1.33. The normalized spacial score (nSPS) is 17.3. The van der Waals surface area contributed by atoms with E-state index in [2.05, 4.69) is 31.3 Å². The molecule has 0 aromatic heterocycles. The smallest absolute Gasteiger partial charge is 0.258 e. The van der Waals surface area contributed by atoms with Crippen molar-refractivity contribution in [1.82, 2.24) is 5.32 Å². The van der Waals surface area contributed by atoms with Gasteiger partial charge in [0, 0.05) is 6.04 Å². The number of rotatable bonds is 6. The van der Waals surface area contributed by atoms with Gasteiger partial charge >= 0.3 is 0 Å². The third kappa shape index (κ3) is 5.43. The lowest BCUT2D eigenvalue weighted by molar-refractivity contribution is -0.124. The van der Waals surface area contributed by atoms with Crippen molar-refractivity contribution in [3.63, 3.8) is 0 Å². The number of carbonyl (C=O) groups is 1. The molecule has 1 unspecified atom stereocenters. The first-order chi connectivity index (χ1) is 10.6. The first kappa shape index (κ1) is 17.5. The van der Waals surface area contributed by atoms with Crippen molar-refractivity contribution >= 4 is 29.4 Å². The van der Waals surface area contributed by atoms with Crippen LogP contribution in [0, 0.1) is 5.92 Å². The molecular weight excluding hydrogens is 314 g/mol. The first-order valence-electron chi connectivity index (χ1n) is 7.81. The van der Waals surface area contributed by atoms with Gasteiger partial charge in [0.25, 0.3) is 5.91 Å². The fraction of sp³-hybridized carbons (Fsp3) is 0.588. The summed E-state index contributed by atoms with van der Waals surface area (Å²) >= 11 is 4.02. The van der Waals surface area contributed by atoms with Gasteiger partial charge in [-0.25, -0.2) is 0 Å². The van der Waals surface area contributed by atoms with Gasteiger partial charge in [0.2, 0.25) is 0 Å². The van der Waals surface area contributed by atoms with Crippen LogP contribution in [0.15, 0.2) is 24.3 Å². The Labute approximate surface area is 142 Å². The lowest BCUT2D eigenvalue weighted by Crippen LogP contribution is -2.38. The zero-order chi connectivity index (χ0) is 15.9. The zero-order valence-electron chi connectivity index (χ0n) is 13.5. The van der Waals surface area contributed by atoms with Crippen LogP contribution in [0.2, 0.25) is 0 Å². The Morgan fingerprint density at radius 1 is 1.23 bits per heavy atom. The molecule has 1 saturated heterocycles. The minimum atomic E-state index is -0.0660. The van der Waals surface area contributed by atoms with Gasteiger partial charge in [-0.2, -0.15) is 0 Å². The Hall–Kier alpha value is -0.810. The molecule has 0 radical (unpaired) electrons. The van der Waals surface area contributed by atoms with Crippen molar-refractivity contribution in [3.8, 4) is 5.75 Å². The van der Waals surface area contributed by atoms with Crippen molar-refractivity contribution in [2.75, 3.05) is 18.1 Å². The summed E-state index contributed by atoms with van der Waals surface area (Å²) in [4.78, 5) is 11.8. The number of carbonyl (C=O) groups excluding carboxylic acids is 1. The predicted molar refractivity (Wildman–Crippen MR) is 96.7 cm³/mol. The highest BCUT2D eigenvalue weighted by Crippen LogP contribution is 2.43. The lowest BCUT2D eigenvalue weighted by atomic mass is 10.1. The molecule has 22 heavy (non-hydrogen) atoms. The van der Waals surface area contributed by atoms with Crippen molar-refractivity contribution < 1.29 is 9.53 Å². The van der Waals surface area contributed by atoms with E-state index in [0.29, 0.717) is 10.5 Å². The number of nitrogens with one attached hydrogen (secondary N) is 1. The molecule has 1 aliphatic rings. The van der Waals surface area contributed by atoms with E-state index < -0.39 is 0 Å². The van der Waals surface area contributed by atoms with Gasteiger partial charge in [0.15, 0.2) is 6.61 Å². The van der Waals surface area contributed by atoms with Crippen LogP contribution in [0.3, 0.4) is 0 Å². The minimum absolute atomic E-state index is 0.0660. The van der Waals surface area contributed by atoms with Crippen LogP contribution >= 0.6 is 23.5 Å². The molecule has 1 aliphatic heterocycles. The summed E-state index contributed by atoms with van der Waals surface area (Å²) in [5.74, 6) is 3.59. The van der Waals surface area contributed by atoms with Gasteiger partial charge in [-0.3, -0.25) is 4.79 Å². The average Bonchev–Trinajstić information content (AvgIpc) is 2.54. The minimum Gasteiger partial charge on any atom is -0.484 e. The van der Waals surface area contributed by atoms with Crippen LogP contribution < -0.4 is 10.1 Å². The number of benzene rings is 1. The van der Waals surface area contributed by atoms with Crippen LogP contribution in [0.1, 0.15) is 37.3 Å². The van der Waals surface area contributed by atoms with E-state index in [1.807, 2.05) is 42.6 Å². The van der Waals surface area contributed by atoms with Crippen molar-refractivity contribution in [3.05, 3.63) is 29.8 Å². The molecule has 0 spiro atoms. The van der Waals surface area contributed by atoms with Gasteiger partial charge in [0.05, 0.1) is 4.58 Å². The molecule has 1 atom stereocenters. The summed E-state index contributed by atoms with van der Waals surface area (Å²) in [6, 6.07) is 8.31. The largest absolute Gasteiger partial charge is 0.484 e. The second kappa shape index (κ2) is 8.73. The number of hydrogen-bond acceptors (Lipinski definition) is 4. The van der Waals surface area contributed by atoms with Crippen molar-refractivity contribution in [1.29, 1.82) is 0 Å². The molecule has 1 N–H and O–H groups in total. The third-order valence-electron chi connectivity index (χ3n) is 3.74. The quantitative estimate of drug-likeness (QED) is 0.847. The number of hydrogen-bond donors (Lipinski definition) is 1. The Kier molecular flexibility index (Phi) is 6.96. The molecule has 3 nitrogen and oxygen atoms in total. The van der Waals surface area contributed by atoms with Gasteiger partial charge in [-0.05, 0) is 48.5 Å².